The number of benzene rings is 1. The molecular formula is C17H20F3NO2. The molecule has 0 N–H and O–H groups in total. The molecular weight excluding hydrogens is 307 g/mol. The van der Waals surface area contributed by atoms with Gasteiger partial charge in [-0.2, -0.15) is 13.2 Å². The number of halogens is 3. The summed E-state index contributed by atoms with van der Waals surface area (Å²) in [6.07, 6.45) is -3.58. The molecule has 0 radical (unpaired) electrons. The van der Waals surface area contributed by atoms with Crippen LogP contribution in [0, 0.1) is 5.92 Å². The number of hydrogen-bond donors (Lipinski definition) is 0. The smallest absolute Gasteiger partial charge is 0.340 e. The van der Waals surface area contributed by atoms with Crippen molar-refractivity contribution in [1.82, 2.24) is 4.90 Å². The topological polar surface area (TPSA) is 37.4 Å². The van der Waals surface area contributed by atoms with E-state index in [1.54, 1.807) is 4.90 Å². The molecule has 0 unspecified atom stereocenters. The summed E-state index contributed by atoms with van der Waals surface area (Å²) in [6.45, 7) is 4.71. The molecule has 6 heteroatoms. The lowest BCUT2D eigenvalue weighted by Crippen LogP contribution is -2.34. The van der Waals surface area contributed by atoms with Gasteiger partial charge in [0, 0.05) is 31.0 Å². The zero-order chi connectivity index (χ0) is 17.2. The van der Waals surface area contributed by atoms with E-state index in [9.17, 15) is 22.8 Å². The SMILES string of the molecule is C[C@@H]1C[C@@H](C)N(C(=O)CCC(=O)c2cccc(C(F)(F)F)c2)C1. The highest BCUT2D eigenvalue weighted by atomic mass is 19.4. The van der Waals surface area contributed by atoms with Crippen LogP contribution in [0.4, 0.5) is 13.2 Å². The molecule has 1 aromatic rings. The number of ketones is 1. The maximum absolute atomic E-state index is 12.7. The summed E-state index contributed by atoms with van der Waals surface area (Å²) < 4.78 is 38.0. The first kappa shape index (κ1) is 17.5. The van der Waals surface area contributed by atoms with Crippen LogP contribution in [-0.2, 0) is 11.0 Å². The van der Waals surface area contributed by atoms with Crippen molar-refractivity contribution in [3.8, 4) is 0 Å². The van der Waals surface area contributed by atoms with Crippen LogP contribution in [0.2, 0.25) is 0 Å². The maximum Gasteiger partial charge on any atom is 0.416 e. The highest BCUT2D eigenvalue weighted by Crippen LogP contribution is 2.30. The molecule has 23 heavy (non-hydrogen) atoms. The summed E-state index contributed by atoms with van der Waals surface area (Å²) in [4.78, 5) is 26.0. The lowest BCUT2D eigenvalue weighted by Gasteiger charge is -2.21. The number of amides is 1. The minimum absolute atomic E-state index is 0.00420. The Morgan fingerprint density at radius 3 is 2.48 bits per heavy atom. The quantitative estimate of drug-likeness (QED) is 0.786. The third-order valence-electron chi connectivity index (χ3n) is 4.18. The molecule has 0 aliphatic carbocycles. The Labute approximate surface area is 133 Å². The lowest BCUT2D eigenvalue weighted by molar-refractivity contribution is -0.137. The van der Waals surface area contributed by atoms with Crippen LogP contribution in [0.1, 0.15) is 49.0 Å². The molecule has 1 heterocycles. The lowest BCUT2D eigenvalue weighted by atomic mass is 10.0. The largest absolute Gasteiger partial charge is 0.416 e. The Hall–Kier alpha value is -1.85. The van der Waals surface area contributed by atoms with Crippen LogP contribution in [0.25, 0.3) is 0 Å². The van der Waals surface area contributed by atoms with Crippen molar-refractivity contribution in [2.45, 2.75) is 45.3 Å². The monoisotopic (exact) mass is 327 g/mol. The van der Waals surface area contributed by atoms with Crippen molar-refractivity contribution in [3.63, 3.8) is 0 Å². The third-order valence-corrected chi connectivity index (χ3v) is 4.18. The van der Waals surface area contributed by atoms with Gasteiger partial charge in [0.15, 0.2) is 5.78 Å². The number of carbonyl (C=O) groups is 2. The fourth-order valence-electron chi connectivity index (χ4n) is 3.02. The fourth-order valence-corrected chi connectivity index (χ4v) is 3.02. The number of carbonyl (C=O) groups excluding carboxylic acids is 2. The molecule has 1 aliphatic rings. The first-order valence-corrected chi connectivity index (χ1v) is 7.68. The Kier molecular flexibility index (Phi) is 5.12. The van der Waals surface area contributed by atoms with Crippen LogP contribution < -0.4 is 0 Å². The van der Waals surface area contributed by atoms with Gasteiger partial charge in [-0.05, 0) is 31.4 Å². The van der Waals surface area contributed by atoms with Gasteiger partial charge in [0.05, 0.1) is 5.56 Å². The Morgan fingerprint density at radius 1 is 1.22 bits per heavy atom. The van der Waals surface area contributed by atoms with Crippen molar-refractivity contribution in [2.24, 2.45) is 5.92 Å². The predicted octanol–water partition coefficient (Wildman–Crippen LogP) is 3.93. The molecule has 0 bridgehead atoms. The van der Waals surface area contributed by atoms with Crippen molar-refractivity contribution in [1.29, 1.82) is 0 Å². The summed E-state index contributed by atoms with van der Waals surface area (Å²) in [7, 11) is 0. The Bertz CT molecular complexity index is 598. The maximum atomic E-state index is 12.7. The van der Waals surface area contributed by atoms with E-state index in [0.717, 1.165) is 18.6 Å². The highest BCUT2D eigenvalue weighted by Gasteiger charge is 2.32. The average Bonchev–Trinajstić information content (AvgIpc) is 2.82. The standard InChI is InChI=1S/C17H20F3NO2/c1-11-8-12(2)21(10-11)16(23)7-6-15(22)13-4-3-5-14(9-13)17(18,19)20/h3-5,9,11-12H,6-8,10H2,1-2H3/t11-,12-/m1/s1. The average molecular weight is 327 g/mol. The van der Waals surface area contributed by atoms with Crippen molar-refractivity contribution >= 4 is 11.7 Å². The molecule has 0 aromatic heterocycles. The van der Waals surface area contributed by atoms with E-state index in [1.165, 1.54) is 12.1 Å². The number of hydrogen-bond acceptors (Lipinski definition) is 2. The molecule has 2 rings (SSSR count). The molecule has 1 amide bonds. The minimum Gasteiger partial charge on any atom is -0.340 e. The summed E-state index contributed by atoms with van der Waals surface area (Å²) in [5, 5.41) is 0. The van der Waals surface area contributed by atoms with E-state index in [2.05, 4.69) is 6.92 Å². The molecule has 1 aromatic carbocycles. The van der Waals surface area contributed by atoms with Crippen molar-refractivity contribution in [3.05, 3.63) is 35.4 Å². The molecule has 126 valence electrons. The van der Waals surface area contributed by atoms with Gasteiger partial charge < -0.3 is 4.90 Å². The van der Waals surface area contributed by atoms with E-state index < -0.39 is 17.5 Å². The summed E-state index contributed by atoms with van der Waals surface area (Å²) in [6, 6.07) is 4.48. The van der Waals surface area contributed by atoms with Gasteiger partial charge in [-0.25, -0.2) is 0 Å². The van der Waals surface area contributed by atoms with E-state index in [1.807, 2.05) is 6.92 Å². The van der Waals surface area contributed by atoms with Gasteiger partial charge in [-0.1, -0.05) is 19.1 Å². The van der Waals surface area contributed by atoms with E-state index in [-0.39, 0.29) is 30.4 Å². The number of alkyl halides is 3. The second-order valence-electron chi connectivity index (χ2n) is 6.24. The number of nitrogens with zero attached hydrogens (tertiary/aromatic N) is 1. The van der Waals surface area contributed by atoms with Crippen LogP contribution in [0.15, 0.2) is 24.3 Å². The molecule has 2 atom stereocenters. The summed E-state index contributed by atoms with van der Waals surface area (Å²) in [5.41, 5.74) is -0.855. The molecule has 3 nitrogen and oxygen atoms in total. The summed E-state index contributed by atoms with van der Waals surface area (Å²) in [5.74, 6) is -0.111. The van der Waals surface area contributed by atoms with Gasteiger partial charge in [0.1, 0.15) is 0 Å². The van der Waals surface area contributed by atoms with E-state index in [4.69, 9.17) is 0 Å². The molecule has 1 aliphatic heterocycles. The van der Waals surface area contributed by atoms with E-state index >= 15 is 0 Å². The molecule has 0 saturated carbocycles. The highest BCUT2D eigenvalue weighted by molar-refractivity contribution is 5.98. The predicted molar refractivity (Wildman–Crippen MR) is 80.0 cm³/mol. The Morgan fingerprint density at radius 2 is 1.91 bits per heavy atom. The van der Waals surface area contributed by atoms with Crippen LogP contribution in [-0.4, -0.2) is 29.2 Å². The second kappa shape index (κ2) is 6.72. The molecule has 0 spiro atoms. The van der Waals surface area contributed by atoms with Crippen LogP contribution >= 0.6 is 0 Å². The zero-order valence-electron chi connectivity index (χ0n) is 13.2. The van der Waals surface area contributed by atoms with Gasteiger partial charge in [0.2, 0.25) is 5.91 Å². The van der Waals surface area contributed by atoms with Crippen molar-refractivity contribution < 1.29 is 22.8 Å². The summed E-state index contributed by atoms with van der Waals surface area (Å²) >= 11 is 0. The van der Waals surface area contributed by atoms with Gasteiger partial charge in [0.25, 0.3) is 0 Å². The van der Waals surface area contributed by atoms with Crippen molar-refractivity contribution in [2.75, 3.05) is 6.54 Å². The van der Waals surface area contributed by atoms with E-state index in [0.29, 0.717) is 12.5 Å². The van der Waals surface area contributed by atoms with Gasteiger partial charge in [-0.15, -0.1) is 0 Å². The van der Waals surface area contributed by atoms with Gasteiger partial charge in [-0.3, -0.25) is 9.59 Å². The third kappa shape index (κ3) is 4.33. The number of Topliss-reactive ketones (excluding diaryl/α,β-unsaturated/α-hetero) is 1. The minimum atomic E-state index is -4.48. The normalized spacial score (nSPS) is 21.5. The number of rotatable bonds is 4. The first-order chi connectivity index (χ1) is 10.7. The van der Waals surface area contributed by atoms with Gasteiger partial charge >= 0.3 is 6.18 Å². The molecule has 1 fully saturated rings. The zero-order valence-corrected chi connectivity index (χ0v) is 13.2. The second-order valence-corrected chi connectivity index (χ2v) is 6.24. The van der Waals surface area contributed by atoms with Crippen LogP contribution in [0.5, 0.6) is 0 Å². The molecule has 1 saturated heterocycles. The Balaban J connectivity index is 1.96. The number of likely N-dealkylation sites (tertiary alicyclic amines) is 1. The fraction of sp³-hybridized carbons (Fsp3) is 0.529. The first-order valence-electron chi connectivity index (χ1n) is 7.68. The van der Waals surface area contributed by atoms with Crippen LogP contribution in [0.3, 0.4) is 0 Å².